The van der Waals surface area contributed by atoms with Gasteiger partial charge in [0.15, 0.2) is 21.3 Å². The monoisotopic (exact) mass is 668 g/mol. The molecular formula is C33H38F2N6O5S. The number of ether oxygens (including phenoxy) is 1. The van der Waals surface area contributed by atoms with Gasteiger partial charge >= 0.3 is 11.8 Å². The molecule has 5 rings (SSSR count). The molecule has 1 aliphatic rings. The van der Waals surface area contributed by atoms with Crippen LogP contribution in [0.3, 0.4) is 0 Å². The molecule has 0 spiro atoms. The minimum Gasteiger partial charge on any atom is -0.444 e. The van der Waals surface area contributed by atoms with Gasteiger partial charge < -0.3 is 14.5 Å². The van der Waals surface area contributed by atoms with Crippen LogP contribution in [0.2, 0.25) is 0 Å². The van der Waals surface area contributed by atoms with E-state index in [-0.39, 0.29) is 48.4 Å². The van der Waals surface area contributed by atoms with Crippen LogP contribution in [0, 0.1) is 18.6 Å². The van der Waals surface area contributed by atoms with Crippen molar-refractivity contribution in [3.63, 3.8) is 0 Å². The molecule has 47 heavy (non-hydrogen) atoms. The van der Waals surface area contributed by atoms with E-state index in [1.54, 1.807) is 49.8 Å². The van der Waals surface area contributed by atoms with Gasteiger partial charge in [0.25, 0.3) is 0 Å². The third kappa shape index (κ3) is 6.55. The number of hydrogen-bond acceptors (Lipinski definition) is 9. The van der Waals surface area contributed by atoms with Crippen molar-refractivity contribution in [1.29, 1.82) is 0 Å². The maximum atomic E-state index is 16.2. The van der Waals surface area contributed by atoms with Crippen molar-refractivity contribution in [2.45, 2.75) is 70.9 Å². The average molecular weight is 669 g/mol. The minimum absolute atomic E-state index is 0.0566. The molecular weight excluding hydrogens is 630 g/mol. The Morgan fingerprint density at radius 2 is 1.79 bits per heavy atom. The summed E-state index contributed by atoms with van der Waals surface area (Å²) in [5, 5.41) is 0.138. The molecule has 1 aliphatic heterocycles. The third-order valence-electron chi connectivity index (χ3n) is 7.89. The van der Waals surface area contributed by atoms with E-state index >= 15 is 8.78 Å². The molecule has 0 radical (unpaired) electrons. The van der Waals surface area contributed by atoms with Gasteiger partial charge in [0.05, 0.1) is 27.2 Å². The molecule has 1 saturated heterocycles. The molecule has 250 valence electrons. The van der Waals surface area contributed by atoms with Crippen LogP contribution in [0.5, 0.6) is 0 Å². The molecule has 0 N–H and O–H groups in total. The van der Waals surface area contributed by atoms with Gasteiger partial charge in [-0.3, -0.25) is 4.98 Å². The van der Waals surface area contributed by atoms with Crippen LogP contribution in [0.25, 0.3) is 28.0 Å². The number of nitrogens with zero attached hydrogens (tertiary/aromatic N) is 6. The fourth-order valence-corrected chi connectivity index (χ4v) is 6.68. The molecule has 0 unspecified atom stereocenters. The molecule has 1 fully saturated rings. The van der Waals surface area contributed by atoms with Gasteiger partial charge in [0, 0.05) is 38.1 Å². The molecule has 1 aromatic carbocycles. The van der Waals surface area contributed by atoms with Gasteiger partial charge in [0.2, 0.25) is 0 Å². The topological polar surface area (TPSA) is 128 Å². The summed E-state index contributed by atoms with van der Waals surface area (Å²) in [5.41, 5.74) is -0.993. The van der Waals surface area contributed by atoms with Crippen LogP contribution in [0.4, 0.5) is 19.4 Å². The highest BCUT2D eigenvalue weighted by Crippen LogP contribution is 2.36. The molecule has 4 heterocycles. The largest absolute Gasteiger partial charge is 0.444 e. The lowest BCUT2D eigenvalue weighted by atomic mass is 10.0. The number of piperazine rings is 1. The molecule has 4 aromatic rings. The lowest BCUT2D eigenvalue weighted by molar-refractivity contribution is 0.0218. The number of hydrogen-bond donors (Lipinski definition) is 0. The minimum atomic E-state index is -4.01. The number of aromatic nitrogens is 4. The number of carbonyl (C=O) groups excluding carboxylic acids is 1. The van der Waals surface area contributed by atoms with Crippen molar-refractivity contribution in [3.8, 4) is 16.9 Å². The van der Waals surface area contributed by atoms with Gasteiger partial charge in [-0.1, -0.05) is 19.9 Å². The lowest BCUT2D eigenvalue weighted by Crippen LogP contribution is -2.55. The number of pyridine rings is 2. The predicted molar refractivity (Wildman–Crippen MR) is 175 cm³/mol. The number of rotatable bonds is 5. The molecule has 1 amide bonds. The van der Waals surface area contributed by atoms with Crippen LogP contribution in [0.15, 0.2) is 46.2 Å². The zero-order chi connectivity index (χ0) is 34.6. The fraction of sp³-hybridized carbons (Fsp3) is 0.424. The number of carbonyl (C=O) groups is 1. The first-order chi connectivity index (χ1) is 21.9. The van der Waals surface area contributed by atoms with Gasteiger partial charge in [0.1, 0.15) is 22.9 Å². The normalized spacial score (nSPS) is 15.9. The van der Waals surface area contributed by atoms with Gasteiger partial charge in [-0.2, -0.15) is 4.98 Å². The summed E-state index contributed by atoms with van der Waals surface area (Å²) >= 11 is 0. The fourth-order valence-electron chi connectivity index (χ4n) is 5.79. The van der Waals surface area contributed by atoms with Crippen molar-refractivity contribution in [1.82, 2.24) is 24.4 Å². The van der Waals surface area contributed by atoms with Crippen molar-refractivity contribution >= 4 is 32.8 Å². The second-order valence-electron chi connectivity index (χ2n) is 13.1. The van der Waals surface area contributed by atoms with E-state index in [1.165, 1.54) is 16.7 Å². The van der Waals surface area contributed by atoms with Gasteiger partial charge in [-0.05, 0) is 70.4 Å². The highest BCUT2D eigenvalue weighted by Gasteiger charge is 2.33. The summed E-state index contributed by atoms with van der Waals surface area (Å²) in [6, 6.07) is 5.86. The Labute approximate surface area is 272 Å². The van der Waals surface area contributed by atoms with E-state index < -0.39 is 55.0 Å². The molecule has 11 nitrogen and oxygen atoms in total. The van der Waals surface area contributed by atoms with Crippen LogP contribution in [-0.4, -0.2) is 76.5 Å². The quantitative estimate of drug-likeness (QED) is 0.275. The average Bonchev–Trinajstić information content (AvgIpc) is 2.96. The number of halogens is 2. The molecule has 0 aliphatic carbocycles. The first-order valence-corrected chi connectivity index (χ1v) is 17.1. The smallest absolute Gasteiger partial charge is 0.410 e. The zero-order valence-electron chi connectivity index (χ0n) is 27.6. The van der Waals surface area contributed by atoms with E-state index in [0.717, 1.165) is 18.4 Å². The molecule has 0 bridgehead atoms. The number of aryl methyl sites for hydroxylation is 1. The maximum Gasteiger partial charge on any atom is 0.410 e. The van der Waals surface area contributed by atoms with E-state index in [0.29, 0.717) is 16.9 Å². The first-order valence-electron chi connectivity index (χ1n) is 15.2. The van der Waals surface area contributed by atoms with Crippen molar-refractivity contribution < 1.29 is 26.7 Å². The van der Waals surface area contributed by atoms with Crippen LogP contribution in [0.1, 0.15) is 58.7 Å². The van der Waals surface area contributed by atoms with E-state index in [9.17, 15) is 18.0 Å². The van der Waals surface area contributed by atoms with Gasteiger partial charge in [-0.15, -0.1) is 0 Å². The highest BCUT2D eigenvalue weighted by molar-refractivity contribution is 7.90. The predicted octanol–water partition coefficient (Wildman–Crippen LogP) is 5.40. The molecule has 1 atom stereocenters. The number of amides is 1. The van der Waals surface area contributed by atoms with Crippen molar-refractivity contribution in [3.05, 3.63) is 69.9 Å². The number of fused-ring (bicyclic) bond motifs is 1. The molecule has 14 heteroatoms. The summed E-state index contributed by atoms with van der Waals surface area (Å²) in [5.74, 6) is -2.02. The van der Waals surface area contributed by atoms with Crippen LogP contribution < -0.4 is 10.6 Å². The lowest BCUT2D eigenvalue weighted by Gasteiger charge is -2.41. The Hall–Kier alpha value is -4.46. The van der Waals surface area contributed by atoms with Crippen LogP contribution >= 0.6 is 0 Å². The second kappa shape index (κ2) is 12.3. The van der Waals surface area contributed by atoms with Gasteiger partial charge in [-0.25, -0.2) is 36.3 Å². The number of anilines is 1. The zero-order valence-corrected chi connectivity index (χ0v) is 28.4. The van der Waals surface area contributed by atoms with Crippen molar-refractivity contribution in [2.75, 3.05) is 30.8 Å². The van der Waals surface area contributed by atoms with Crippen LogP contribution in [-0.2, 0) is 14.6 Å². The SMILES string of the molecule is Cc1ccnc(C(C)C)c1-n1c(=O)nc(N2CCN(C(=O)OC(C)(C)C)C[C@@H]2C)c2cc(F)c(-c3c(F)cccc3S(C)(=O)=O)nc21. The highest BCUT2D eigenvalue weighted by atomic mass is 32.2. The van der Waals surface area contributed by atoms with E-state index in [2.05, 4.69) is 15.0 Å². The van der Waals surface area contributed by atoms with Crippen molar-refractivity contribution in [2.24, 2.45) is 0 Å². The third-order valence-corrected chi connectivity index (χ3v) is 9.03. The first kappa shape index (κ1) is 33.9. The number of sulfone groups is 1. The Kier molecular flexibility index (Phi) is 8.86. The molecule has 3 aromatic heterocycles. The second-order valence-corrected chi connectivity index (χ2v) is 15.1. The number of benzene rings is 1. The Bertz CT molecular complexity index is 2060. The summed E-state index contributed by atoms with van der Waals surface area (Å²) < 4.78 is 63.7. The maximum absolute atomic E-state index is 16.2. The summed E-state index contributed by atoms with van der Waals surface area (Å²) in [7, 11) is -4.01. The standard InChI is InChI=1S/C33H38F2N6O5S/c1-18(2)26-28(19(3)12-13-36-26)41-30-21(16-23(35)27(37-30)25-22(34)10-9-11-24(25)47(8,44)45)29(38-31(41)42)40-15-14-39(17-20(40)4)32(43)46-33(5,6)7/h9-13,16,18,20H,14-15,17H2,1-8H3/t20-/m0/s1. The van der Waals surface area contributed by atoms with E-state index in [1.807, 2.05) is 20.8 Å². The molecule has 0 saturated carbocycles. The Morgan fingerprint density at radius 1 is 1.09 bits per heavy atom. The Morgan fingerprint density at radius 3 is 2.40 bits per heavy atom. The summed E-state index contributed by atoms with van der Waals surface area (Å²) in [4.78, 5) is 43.3. The summed E-state index contributed by atoms with van der Waals surface area (Å²) in [6.45, 7) is 13.5. The summed E-state index contributed by atoms with van der Waals surface area (Å²) in [6.07, 6.45) is 2.04. The van der Waals surface area contributed by atoms with E-state index in [4.69, 9.17) is 4.74 Å². The Balaban J connectivity index is 1.79.